The van der Waals surface area contributed by atoms with Gasteiger partial charge in [-0.15, -0.1) is 5.01 Å². The van der Waals surface area contributed by atoms with Gasteiger partial charge in [0.15, 0.2) is 0 Å². The highest BCUT2D eigenvalue weighted by molar-refractivity contribution is 5.76. The predicted octanol–water partition coefficient (Wildman–Crippen LogP) is 0.819. The number of carbonyl (C=O) groups excluding carboxylic acids is 1. The van der Waals surface area contributed by atoms with Gasteiger partial charge >= 0.3 is 5.97 Å². The lowest BCUT2D eigenvalue weighted by molar-refractivity contribution is -0.725. The van der Waals surface area contributed by atoms with Crippen molar-refractivity contribution in [2.45, 2.75) is 51.8 Å². The highest BCUT2D eigenvalue weighted by Crippen LogP contribution is 2.15. The summed E-state index contributed by atoms with van der Waals surface area (Å²) in [6.45, 7) is 8.60. The Kier molecular flexibility index (Phi) is 5.55. The first-order valence-corrected chi connectivity index (χ1v) is 6.72. The number of nitrogens with one attached hydrogen (secondary N) is 1. The van der Waals surface area contributed by atoms with Crippen molar-refractivity contribution in [1.29, 1.82) is 0 Å². The molecule has 1 aliphatic heterocycles. The van der Waals surface area contributed by atoms with Crippen LogP contribution >= 0.6 is 0 Å². The van der Waals surface area contributed by atoms with Crippen LogP contribution in [0.2, 0.25) is 0 Å². The van der Waals surface area contributed by atoms with E-state index in [1.165, 1.54) is 12.1 Å². The maximum Gasteiger partial charge on any atom is 0.323 e. The second-order valence-electron chi connectivity index (χ2n) is 5.67. The summed E-state index contributed by atoms with van der Waals surface area (Å²) in [6.07, 6.45) is 0.125. The van der Waals surface area contributed by atoms with Gasteiger partial charge in [0.05, 0.1) is 24.2 Å². The molecule has 8 heteroatoms. The van der Waals surface area contributed by atoms with E-state index in [1.807, 2.05) is 27.7 Å². The first-order valence-electron chi connectivity index (χ1n) is 6.72. The average molecular weight is 288 g/mol. The van der Waals surface area contributed by atoms with Crippen LogP contribution in [0.1, 0.15) is 34.1 Å². The van der Waals surface area contributed by atoms with E-state index in [2.05, 4.69) is 15.3 Å². The van der Waals surface area contributed by atoms with Gasteiger partial charge in [0.25, 0.3) is 0 Å². The molecule has 1 aliphatic rings. The molecule has 0 bridgehead atoms. The number of methoxy groups -OCH3 is 1. The van der Waals surface area contributed by atoms with Crippen LogP contribution in [0.3, 0.4) is 0 Å². The zero-order valence-corrected chi connectivity index (χ0v) is 12.8. The third kappa shape index (κ3) is 4.22. The Bertz CT molecular complexity index is 367. The molecule has 2 atom stereocenters. The van der Waals surface area contributed by atoms with Crippen molar-refractivity contribution in [3.8, 4) is 0 Å². The van der Waals surface area contributed by atoms with Crippen LogP contribution in [0.15, 0.2) is 5.28 Å². The summed E-state index contributed by atoms with van der Waals surface area (Å²) in [5.74, 6) is -0.333. The Hall–Kier alpha value is -1.57. The van der Waals surface area contributed by atoms with E-state index >= 15 is 0 Å². The number of hydrazine groups is 1. The van der Waals surface area contributed by atoms with Crippen LogP contribution in [0.25, 0.3) is 0 Å². The van der Waals surface area contributed by atoms with Gasteiger partial charge in [0.2, 0.25) is 5.28 Å². The minimum atomic E-state index is -0.398. The quantitative estimate of drug-likeness (QED) is 0.349. The van der Waals surface area contributed by atoms with Crippen molar-refractivity contribution >= 4 is 5.97 Å². The Morgan fingerprint density at radius 2 is 2.20 bits per heavy atom. The Morgan fingerprint density at radius 3 is 2.70 bits per heavy atom. The van der Waals surface area contributed by atoms with E-state index in [4.69, 9.17) is 4.84 Å². The molecule has 0 aromatic carbocycles. The largest absolute Gasteiger partial charge is 0.569 e. The van der Waals surface area contributed by atoms with E-state index in [9.17, 15) is 10.0 Å². The van der Waals surface area contributed by atoms with E-state index < -0.39 is 6.04 Å². The summed E-state index contributed by atoms with van der Waals surface area (Å²) < 4.78 is 4.64. The first kappa shape index (κ1) is 16.5. The summed E-state index contributed by atoms with van der Waals surface area (Å²) >= 11 is 0. The number of esters is 1. The average Bonchev–Trinajstić information content (AvgIpc) is 2.83. The van der Waals surface area contributed by atoms with Gasteiger partial charge in [0.1, 0.15) is 12.1 Å². The molecule has 116 valence electrons. The van der Waals surface area contributed by atoms with Crippen molar-refractivity contribution in [2.75, 3.05) is 20.2 Å². The molecule has 0 spiro atoms. The number of nitrogens with zero attached hydrogens (tertiary/aromatic N) is 3. The molecular weight excluding hydrogens is 264 g/mol. The number of carbonyl (C=O) groups is 1. The van der Waals surface area contributed by atoms with Crippen LogP contribution in [0, 0.1) is 5.21 Å². The van der Waals surface area contributed by atoms with Crippen molar-refractivity contribution in [3.05, 3.63) is 5.21 Å². The van der Waals surface area contributed by atoms with Crippen LogP contribution in [-0.4, -0.2) is 53.8 Å². The SMILES string of the molecule is CCN(/[N+]([O-])=N\O[C@H]1CN[C@H](C(=O)OC)C1)C(C)(C)C. The molecule has 1 N–H and O–H groups in total. The number of rotatable bonds is 5. The maximum atomic E-state index is 11.9. The van der Waals surface area contributed by atoms with Crippen LogP contribution in [0.5, 0.6) is 0 Å². The van der Waals surface area contributed by atoms with E-state index in [-0.39, 0.29) is 17.6 Å². The summed E-state index contributed by atoms with van der Waals surface area (Å²) in [5.41, 5.74) is -0.341. The van der Waals surface area contributed by atoms with Crippen LogP contribution in [0.4, 0.5) is 0 Å². The second-order valence-corrected chi connectivity index (χ2v) is 5.67. The van der Waals surface area contributed by atoms with Crippen molar-refractivity contribution in [1.82, 2.24) is 10.3 Å². The van der Waals surface area contributed by atoms with Crippen molar-refractivity contribution in [3.63, 3.8) is 0 Å². The zero-order valence-electron chi connectivity index (χ0n) is 12.8. The van der Waals surface area contributed by atoms with E-state index in [0.717, 1.165) is 0 Å². The molecule has 0 aromatic rings. The molecule has 1 fully saturated rings. The van der Waals surface area contributed by atoms with Crippen molar-refractivity contribution < 1.29 is 19.3 Å². The lowest BCUT2D eigenvalue weighted by atomic mass is 10.1. The lowest BCUT2D eigenvalue weighted by Gasteiger charge is -2.29. The smallest absolute Gasteiger partial charge is 0.323 e. The summed E-state index contributed by atoms with van der Waals surface area (Å²) in [7, 11) is 1.34. The molecule has 0 amide bonds. The molecule has 0 saturated carbocycles. The van der Waals surface area contributed by atoms with Gasteiger partial charge in [-0.1, -0.05) is 0 Å². The standard InChI is InChI=1S/C12H24N4O4/c1-6-15(12(2,3)4)16(18)14-20-9-7-10(13-8-9)11(17)19-5/h9-10,13H,6-8H2,1-5H3/b16-14+/t9-,10+/m1/s1. The molecular formula is C12H24N4O4. The second kappa shape index (κ2) is 6.74. The topological polar surface area (TPSA) is 89.2 Å². The highest BCUT2D eigenvalue weighted by atomic mass is 16.7. The predicted molar refractivity (Wildman–Crippen MR) is 71.5 cm³/mol. The fourth-order valence-electron chi connectivity index (χ4n) is 2.11. The van der Waals surface area contributed by atoms with Crippen LogP contribution in [-0.2, 0) is 14.4 Å². The fraction of sp³-hybridized carbons (Fsp3) is 0.917. The minimum Gasteiger partial charge on any atom is -0.569 e. The lowest BCUT2D eigenvalue weighted by Crippen LogP contribution is -2.45. The Labute approximate surface area is 119 Å². The van der Waals surface area contributed by atoms with Gasteiger partial charge in [-0.25, -0.2) is 0 Å². The van der Waals surface area contributed by atoms with Gasteiger partial charge in [0, 0.05) is 13.0 Å². The molecule has 1 rings (SSSR count). The van der Waals surface area contributed by atoms with E-state index in [1.54, 1.807) is 0 Å². The fourth-order valence-corrected chi connectivity index (χ4v) is 2.11. The van der Waals surface area contributed by atoms with Gasteiger partial charge < -0.3 is 20.1 Å². The number of ether oxygens (including phenoxy) is 1. The minimum absolute atomic E-state index is 0.311. The molecule has 1 heterocycles. The van der Waals surface area contributed by atoms with Crippen molar-refractivity contribution in [2.24, 2.45) is 5.28 Å². The summed E-state index contributed by atoms with van der Waals surface area (Å²) in [4.78, 5) is 17.0. The molecule has 1 saturated heterocycles. The van der Waals surface area contributed by atoms with Gasteiger partial charge in [-0.2, -0.15) is 0 Å². The Balaban J connectivity index is 2.54. The molecule has 20 heavy (non-hydrogen) atoms. The molecule has 0 aromatic heterocycles. The maximum absolute atomic E-state index is 11.9. The number of hydrogen-bond donors (Lipinski definition) is 1. The third-order valence-corrected chi connectivity index (χ3v) is 3.12. The zero-order chi connectivity index (χ0) is 15.3. The summed E-state index contributed by atoms with van der Waals surface area (Å²) in [6, 6.07) is -0.398. The van der Waals surface area contributed by atoms with E-state index in [0.29, 0.717) is 24.5 Å². The molecule has 8 nitrogen and oxygen atoms in total. The molecule has 0 radical (unpaired) electrons. The first-order chi connectivity index (χ1) is 9.29. The Morgan fingerprint density at radius 1 is 1.55 bits per heavy atom. The van der Waals surface area contributed by atoms with Gasteiger partial charge in [-0.3, -0.25) is 4.79 Å². The van der Waals surface area contributed by atoms with Crippen LogP contribution < -0.4 is 5.32 Å². The highest BCUT2D eigenvalue weighted by Gasteiger charge is 2.33. The normalized spacial score (nSPS) is 23.6. The monoisotopic (exact) mass is 288 g/mol. The molecule has 0 unspecified atom stereocenters. The van der Waals surface area contributed by atoms with Gasteiger partial charge in [-0.05, 0) is 27.7 Å². The third-order valence-electron chi connectivity index (χ3n) is 3.12. The number of hydrogen-bond acceptors (Lipinski definition) is 6. The summed E-state index contributed by atoms with van der Waals surface area (Å²) in [5, 5.41) is 20.0. The molecule has 0 aliphatic carbocycles.